The smallest absolute Gasteiger partial charge is 0.225 e. The van der Waals surface area contributed by atoms with E-state index in [1.807, 2.05) is 20.8 Å². The zero-order valence-corrected chi connectivity index (χ0v) is 13.4. The predicted octanol–water partition coefficient (Wildman–Crippen LogP) is 1.65. The van der Waals surface area contributed by atoms with Gasteiger partial charge in [0.2, 0.25) is 5.91 Å². The first-order chi connectivity index (χ1) is 9.43. The summed E-state index contributed by atoms with van der Waals surface area (Å²) in [5, 5.41) is 9.63. The van der Waals surface area contributed by atoms with Gasteiger partial charge >= 0.3 is 0 Å². The maximum absolute atomic E-state index is 11.7. The molecule has 0 aromatic carbocycles. The van der Waals surface area contributed by atoms with E-state index in [2.05, 4.69) is 27.9 Å². The van der Waals surface area contributed by atoms with Crippen LogP contribution in [-0.2, 0) is 4.79 Å². The highest BCUT2D eigenvalue weighted by Gasteiger charge is 2.20. The molecule has 1 fully saturated rings. The van der Waals surface area contributed by atoms with E-state index in [1.54, 1.807) is 0 Å². The predicted molar refractivity (Wildman–Crippen MR) is 83.8 cm³/mol. The van der Waals surface area contributed by atoms with E-state index >= 15 is 0 Å². The van der Waals surface area contributed by atoms with Gasteiger partial charge in [-0.2, -0.15) is 0 Å². The number of carbonyl (C=O) groups excluding carboxylic acids is 1. The van der Waals surface area contributed by atoms with Crippen molar-refractivity contribution in [2.24, 2.45) is 10.4 Å². The van der Waals surface area contributed by atoms with E-state index in [0.717, 1.165) is 12.5 Å². The molecule has 0 saturated heterocycles. The molecule has 0 unspecified atom stereocenters. The second-order valence-electron chi connectivity index (χ2n) is 6.39. The average molecular weight is 282 g/mol. The molecule has 0 aliphatic heterocycles. The van der Waals surface area contributed by atoms with Crippen LogP contribution in [0, 0.1) is 5.41 Å². The minimum atomic E-state index is -0.337. The molecular weight excluding hydrogens is 252 g/mol. The summed E-state index contributed by atoms with van der Waals surface area (Å²) in [5.74, 6) is 0.936. The van der Waals surface area contributed by atoms with Crippen LogP contribution in [0.3, 0.4) is 0 Å². The summed E-state index contributed by atoms with van der Waals surface area (Å²) in [5.41, 5.74) is -0.337. The Hall–Kier alpha value is -1.26. The monoisotopic (exact) mass is 282 g/mol. The summed E-state index contributed by atoms with van der Waals surface area (Å²) < 4.78 is 0. The molecule has 1 saturated carbocycles. The molecule has 0 atom stereocenters. The highest BCUT2D eigenvalue weighted by Crippen LogP contribution is 2.17. The maximum Gasteiger partial charge on any atom is 0.225 e. The normalized spacial score (nSPS) is 17.1. The van der Waals surface area contributed by atoms with Crippen molar-refractivity contribution in [3.05, 3.63) is 0 Å². The lowest BCUT2D eigenvalue weighted by Crippen LogP contribution is -2.43. The molecule has 1 rings (SSSR count). The average Bonchev–Trinajstić information content (AvgIpc) is 2.86. The minimum absolute atomic E-state index is 0.0708. The number of hydrogen-bond donors (Lipinski definition) is 3. The van der Waals surface area contributed by atoms with Crippen LogP contribution in [0.2, 0.25) is 0 Å². The molecule has 116 valence electrons. The molecule has 1 aliphatic carbocycles. The van der Waals surface area contributed by atoms with E-state index in [1.165, 1.54) is 25.7 Å². The molecule has 1 amide bonds. The van der Waals surface area contributed by atoms with Gasteiger partial charge in [0.15, 0.2) is 5.96 Å². The van der Waals surface area contributed by atoms with Gasteiger partial charge in [0.1, 0.15) is 0 Å². The Morgan fingerprint density at radius 2 is 1.85 bits per heavy atom. The van der Waals surface area contributed by atoms with E-state index < -0.39 is 0 Å². The SMILES string of the molecule is CCNC(=NCCNC(=O)C(C)(C)C)NC1CCCC1. The van der Waals surface area contributed by atoms with Crippen LogP contribution in [0.4, 0.5) is 0 Å². The number of nitrogens with one attached hydrogen (secondary N) is 3. The van der Waals surface area contributed by atoms with Crippen LogP contribution in [0.5, 0.6) is 0 Å². The van der Waals surface area contributed by atoms with Crippen LogP contribution in [-0.4, -0.2) is 37.5 Å². The standard InChI is InChI=1S/C15H30N4O/c1-5-16-14(19-12-8-6-7-9-12)18-11-10-17-13(20)15(2,3)4/h12H,5-11H2,1-4H3,(H,17,20)(H2,16,18,19). The van der Waals surface area contributed by atoms with Crippen molar-refractivity contribution in [1.29, 1.82) is 0 Å². The second kappa shape index (κ2) is 8.12. The lowest BCUT2D eigenvalue weighted by molar-refractivity contribution is -0.128. The van der Waals surface area contributed by atoms with Crippen molar-refractivity contribution in [2.45, 2.75) is 59.4 Å². The topological polar surface area (TPSA) is 65.5 Å². The van der Waals surface area contributed by atoms with E-state index in [9.17, 15) is 4.79 Å². The molecule has 0 aromatic heterocycles. The van der Waals surface area contributed by atoms with E-state index in [0.29, 0.717) is 19.1 Å². The highest BCUT2D eigenvalue weighted by atomic mass is 16.2. The Balaban J connectivity index is 2.33. The van der Waals surface area contributed by atoms with Crippen LogP contribution in [0.25, 0.3) is 0 Å². The third-order valence-electron chi connectivity index (χ3n) is 3.39. The van der Waals surface area contributed by atoms with Crippen molar-refractivity contribution < 1.29 is 4.79 Å². The molecule has 0 bridgehead atoms. The molecule has 5 heteroatoms. The number of carbonyl (C=O) groups is 1. The number of amides is 1. The summed E-state index contributed by atoms with van der Waals surface area (Å²) in [4.78, 5) is 16.2. The lowest BCUT2D eigenvalue weighted by atomic mass is 9.96. The minimum Gasteiger partial charge on any atom is -0.357 e. The third kappa shape index (κ3) is 6.26. The molecule has 1 aliphatic rings. The van der Waals surface area contributed by atoms with Gasteiger partial charge < -0.3 is 16.0 Å². The van der Waals surface area contributed by atoms with Crippen LogP contribution < -0.4 is 16.0 Å². The van der Waals surface area contributed by atoms with Crippen molar-refractivity contribution in [3.63, 3.8) is 0 Å². The van der Waals surface area contributed by atoms with Gasteiger partial charge in [-0.25, -0.2) is 0 Å². The van der Waals surface area contributed by atoms with Gasteiger partial charge in [-0.3, -0.25) is 9.79 Å². The molecule has 0 spiro atoms. The van der Waals surface area contributed by atoms with Crippen LogP contribution in [0.15, 0.2) is 4.99 Å². The summed E-state index contributed by atoms with van der Waals surface area (Å²) in [6.45, 7) is 9.84. The van der Waals surface area contributed by atoms with Gasteiger partial charge in [0.05, 0.1) is 6.54 Å². The second-order valence-corrected chi connectivity index (χ2v) is 6.39. The van der Waals surface area contributed by atoms with Gasteiger partial charge in [-0.05, 0) is 19.8 Å². The molecular formula is C15H30N4O. The van der Waals surface area contributed by atoms with Crippen molar-refractivity contribution in [1.82, 2.24) is 16.0 Å². The summed E-state index contributed by atoms with van der Waals surface area (Å²) in [7, 11) is 0. The molecule has 20 heavy (non-hydrogen) atoms. The van der Waals surface area contributed by atoms with Gasteiger partial charge in [-0.1, -0.05) is 33.6 Å². The Morgan fingerprint density at radius 3 is 2.40 bits per heavy atom. The number of guanidine groups is 1. The Labute approximate surface area is 123 Å². The fraction of sp³-hybridized carbons (Fsp3) is 0.867. The van der Waals surface area contributed by atoms with Crippen molar-refractivity contribution >= 4 is 11.9 Å². The van der Waals surface area contributed by atoms with Gasteiger partial charge in [0.25, 0.3) is 0 Å². The molecule has 5 nitrogen and oxygen atoms in total. The highest BCUT2D eigenvalue weighted by molar-refractivity contribution is 5.81. The molecule has 0 aromatic rings. The molecule has 0 radical (unpaired) electrons. The first-order valence-electron chi connectivity index (χ1n) is 7.76. The van der Waals surface area contributed by atoms with Gasteiger partial charge in [0, 0.05) is 24.5 Å². The quantitative estimate of drug-likeness (QED) is 0.408. The first-order valence-corrected chi connectivity index (χ1v) is 7.76. The van der Waals surface area contributed by atoms with Crippen LogP contribution >= 0.6 is 0 Å². The largest absolute Gasteiger partial charge is 0.357 e. The first kappa shape index (κ1) is 16.8. The number of nitrogens with zero attached hydrogens (tertiary/aromatic N) is 1. The Kier molecular flexibility index (Phi) is 6.82. The van der Waals surface area contributed by atoms with Crippen molar-refractivity contribution in [2.75, 3.05) is 19.6 Å². The molecule has 0 heterocycles. The van der Waals surface area contributed by atoms with Gasteiger partial charge in [-0.15, -0.1) is 0 Å². The Morgan fingerprint density at radius 1 is 1.20 bits per heavy atom. The van der Waals surface area contributed by atoms with Crippen molar-refractivity contribution in [3.8, 4) is 0 Å². The van der Waals surface area contributed by atoms with E-state index in [-0.39, 0.29) is 11.3 Å². The zero-order valence-electron chi connectivity index (χ0n) is 13.4. The Bertz CT molecular complexity index is 327. The number of aliphatic imine (C=N–C) groups is 1. The number of rotatable bonds is 5. The zero-order chi connectivity index (χ0) is 15.0. The summed E-state index contributed by atoms with van der Waals surface area (Å²) in [6.07, 6.45) is 5.06. The fourth-order valence-electron chi connectivity index (χ4n) is 2.19. The summed E-state index contributed by atoms with van der Waals surface area (Å²) >= 11 is 0. The number of hydrogen-bond acceptors (Lipinski definition) is 2. The van der Waals surface area contributed by atoms with Crippen LogP contribution in [0.1, 0.15) is 53.4 Å². The fourth-order valence-corrected chi connectivity index (χ4v) is 2.19. The molecule has 3 N–H and O–H groups in total. The van der Waals surface area contributed by atoms with E-state index in [4.69, 9.17) is 0 Å². The summed E-state index contributed by atoms with van der Waals surface area (Å²) in [6, 6.07) is 0.553. The lowest BCUT2D eigenvalue weighted by Gasteiger charge is -2.18. The maximum atomic E-state index is 11.7. The third-order valence-corrected chi connectivity index (χ3v) is 3.39.